The number of rotatable bonds is 6. The molecule has 0 aliphatic rings. The number of amides is 1. The molecule has 1 unspecified atom stereocenters. The van der Waals surface area contributed by atoms with E-state index in [4.69, 9.17) is 4.74 Å². The molecule has 1 atom stereocenters. The summed E-state index contributed by atoms with van der Waals surface area (Å²) < 4.78 is 5.32. The van der Waals surface area contributed by atoms with E-state index in [0.29, 0.717) is 19.0 Å². The number of aliphatic imine (C=N–C) groups is 1. The summed E-state index contributed by atoms with van der Waals surface area (Å²) in [6.07, 6.45) is 1.34. The number of pyridine rings is 1. The molecule has 0 radical (unpaired) electrons. The number of carbonyl (C=O) groups excluding carboxylic acids is 1. The van der Waals surface area contributed by atoms with E-state index in [2.05, 4.69) is 25.9 Å². The molecule has 0 spiro atoms. The maximum absolute atomic E-state index is 12.0. The fourth-order valence-corrected chi connectivity index (χ4v) is 2.02. The van der Waals surface area contributed by atoms with Crippen LogP contribution in [0.15, 0.2) is 29.4 Å². The Balaban J connectivity index is 0.00000625. The van der Waals surface area contributed by atoms with Gasteiger partial charge in [0, 0.05) is 19.8 Å². The zero-order valence-corrected chi connectivity index (χ0v) is 18.8. The first kappa shape index (κ1) is 24.4. The van der Waals surface area contributed by atoms with Gasteiger partial charge in [0.15, 0.2) is 5.96 Å². The zero-order chi connectivity index (χ0) is 18.9. The molecule has 26 heavy (non-hydrogen) atoms. The summed E-state index contributed by atoms with van der Waals surface area (Å²) in [6, 6.07) is 5.69. The number of nitrogens with one attached hydrogen (secondary N) is 3. The van der Waals surface area contributed by atoms with Crippen molar-refractivity contribution >= 4 is 36.0 Å². The van der Waals surface area contributed by atoms with Gasteiger partial charge in [-0.1, -0.05) is 19.9 Å². The molecule has 0 aliphatic heterocycles. The second kappa shape index (κ2) is 11.9. The van der Waals surface area contributed by atoms with E-state index >= 15 is 0 Å². The number of nitrogens with zero attached hydrogens (tertiary/aromatic N) is 2. The SMILES string of the molecule is CN=C(NCc1ccccn1)NCC(NC(=O)OC(C)(C)C)C(C)C.I. The van der Waals surface area contributed by atoms with Gasteiger partial charge in [0.25, 0.3) is 0 Å². The van der Waals surface area contributed by atoms with Crippen molar-refractivity contribution < 1.29 is 9.53 Å². The molecule has 1 aromatic rings. The number of alkyl carbamates (subject to hydrolysis) is 1. The summed E-state index contributed by atoms with van der Waals surface area (Å²) in [5.74, 6) is 0.899. The monoisotopic (exact) mass is 477 g/mol. The minimum Gasteiger partial charge on any atom is -0.444 e. The van der Waals surface area contributed by atoms with Gasteiger partial charge in [0.1, 0.15) is 5.60 Å². The first-order valence-electron chi connectivity index (χ1n) is 8.55. The first-order valence-corrected chi connectivity index (χ1v) is 8.55. The standard InChI is InChI=1S/C18H31N5O2.HI/c1-13(2)15(23-17(24)25-18(3,4)5)12-22-16(19-6)21-11-14-9-7-8-10-20-14;/h7-10,13,15H,11-12H2,1-6H3,(H,23,24)(H2,19,21,22);1H. The lowest BCUT2D eigenvalue weighted by molar-refractivity contribution is 0.0491. The first-order chi connectivity index (χ1) is 11.7. The van der Waals surface area contributed by atoms with E-state index in [9.17, 15) is 4.79 Å². The number of hydrogen-bond donors (Lipinski definition) is 3. The van der Waals surface area contributed by atoms with Crippen LogP contribution in [0.2, 0.25) is 0 Å². The number of halogens is 1. The van der Waals surface area contributed by atoms with Gasteiger partial charge < -0.3 is 20.7 Å². The Hall–Kier alpha value is -1.58. The highest BCUT2D eigenvalue weighted by Gasteiger charge is 2.21. The zero-order valence-electron chi connectivity index (χ0n) is 16.5. The Bertz CT molecular complexity index is 558. The van der Waals surface area contributed by atoms with Crippen molar-refractivity contribution in [2.75, 3.05) is 13.6 Å². The molecule has 1 rings (SSSR count). The van der Waals surface area contributed by atoms with Crippen molar-refractivity contribution in [3.8, 4) is 0 Å². The Labute approximate surface area is 173 Å². The van der Waals surface area contributed by atoms with Crippen LogP contribution in [-0.2, 0) is 11.3 Å². The summed E-state index contributed by atoms with van der Waals surface area (Å²) in [7, 11) is 1.71. The summed E-state index contributed by atoms with van der Waals surface area (Å²) in [5, 5.41) is 9.34. The number of guanidine groups is 1. The molecule has 0 saturated carbocycles. The van der Waals surface area contributed by atoms with Gasteiger partial charge in [0.2, 0.25) is 0 Å². The molecule has 0 bridgehead atoms. The average Bonchev–Trinajstić information content (AvgIpc) is 2.52. The Morgan fingerprint density at radius 2 is 1.96 bits per heavy atom. The third-order valence-electron chi connectivity index (χ3n) is 3.38. The van der Waals surface area contributed by atoms with Crippen LogP contribution >= 0.6 is 24.0 Å². The molecule has 0 aliphatic carbocycles. The van der Waals surface area contributed by atoms with Crippen molar-refractivity contribution in [3.63, 3.8) is 0 Å². The van der Waals surface area contributed by atoms with Gasteiger partial charge in [-0.2, -0.15) is 0 Å². The molecule has 7 nitrogen and oxygen atoms in total. The molecule has 1 heterocycles. The molecule has 0 aromatic carbocycles. The van der Waals surface area contributed by atoms with Gasteiger partial charge in [0.05, 0.1) is 18.3 Å². The molecule has 8 heteroatoms. The van der Waals surface area contributed by atoms with E-state index in [1.807, 2.05) is 52.8 Å². The highest BCUT2D eigenvalue weighted by Crippen LogP contribution is 2.08. The van der Waals surface area contributed by atoms with Crippen molar-refractivity contribution in [3.05, 3.63) is 30.1 Å². The predicted molar refractivity (Wildman–Crippen MR) is 116 cm³/mol. The van der Waals surface area contributed by atoms with Crippen LogP contribution < -0.4 is 16.0 Å². The topological polar surface area (TPSA) is 87.6 Å². The fraction of sp³-hybridized carbons (Fsp3) is 0.611. The quantitative estimate of drug-likeness (QED) is 0.333. The number of carbonyl (C=O) groups is 1. The van der Waals surface area contributed by atoms with Crippen LogP contribution in [0, 0.1) is 5.92 Å². The van der Waals surface area contributed by atoms with Crippen molar-refractivity contribution in [2.24, 2.45) is 10.9 Å². The molecule has 1 amide bonds. The number of ether oxygens (including phenoxy) is 1. The maximum Gasteiger partial charge on any atom is 0.407 e. The largest absolute Gasteiger partial charge is 0.444 e. The van der Waals surface area contributed by atoms with Crippen LogP contribution in [0.4, 0.5) is 4.79 Å². The van der Waals surface area contributed by atoms with Crippen LogP contribution in [0.3, 0.4) is 0 Å². The second-order valence-corrected chi connectivity index (χ2v) is 7.12. The van der Waals surface area contributed by atoms with Gasteiger partial charge in [-0.3, -0.25) is 9.98 Å². The third-order valence-corrected chi connectivity index (χ3v) is 3.38. The Kier molecular flexibility index (Phi) is 11.2. The van der Waals surface area contributed by atoms with Crippen LogP contribution in [-0.4, -0.2) is 42.3 Å². The Morgan fingerprint density at radius 3 is 2.46 bits per heavy atom. The van der Waals surface area contributed by atoms with Crippen molar-refractivity contribution in [1.29, 1.82) is 0 Å². The van der Waals surface area contributed by atoms with Crippen LogP contribution in [0.1, 0.15) is 40.3 Å². The summed E-state index contributed by atoms with van der Waals surface area (Å²) in [4.78, 5) is 20.4. The third kappa shape index (κ3) is 10.4. The van der Waals surface area contributed by atoms with E-state index in [1.165, 1.54) is 0 Å². The lowest BCUT2D eigenvalue weighted by Crippen LogP contribution is -2.50. The normalized spacial score (nSPS) is 12.8. The summed E-state index contributed by atoms with van der Waals surface area (Å²) >= 11 is 0. The van der Waals surface area contributed by atoms with Gasteiger partial charge in [-0.25, -0.2) is 4.79 Å². The summed E-state index contributed by atoms with van der Waals surface area (Å²) in [6.45, 7) is 10.8. The molecular weight excluding hydrogens is 445 g/mol. The highest BCUT2D eigenvalue weighted by molar-refractivity contribution is 14.0. The lowest BCUT2D eigenvalue weighted by Gasteiger charge is -2.26. The Morgan fingerprint density at radius 1 is 1.27 bits per heavy atom. The predicted octanol–water partition coefficient (Wildman–Crippen LogP) is 2.91. The molecular formula is C18H32IN5O2. The molecule has 148 valence electrons. The molecule has 0 fully saturated rings. The minimum atomic E-state index is -0.515. The van der Waals surface area contributed by atoms with E-state index in [-0.39, 0.29) is 35.9 Å². The van der Waals surface area contributed by atoms with Crippen LogP contribution in [0.5, 0.6) is 0 Å². The highest BCUT2D eigenvalue weighted by atomic mass is 127. The molecule has 0 saturated heterocycles. The van der Waals surface area contributed by atoms with E-state index in [0.717, 1.165) is 5.69 Å². The van der Waals surface area contributed by atoms with Gasteiger partial charge >= 0.3 is 6.09 Å². The van der Waals surface area contributed by atoms with Crippen molar-refractivity contribution in [2.45, 2.75) is 52.8 Å². The second-order valence-electron chi connectivity index (χ2n) is 7.12. The number of hydrogen-bond acceptors (Lipinski definition) is 4. The maximum atomic E-state index is 12.0. The van der Waals surface area contributed by atoms with Crippen LogP contribution in [0.25, 0.3) is 0 Å². The smallest absolute Gasteiger partial charge is 0.407 e. The lowest BCUT2D eigenvalue weighted by atomic mass is 10.0. The molecule has 3 N–H and O–H groups in total. The van der Waals surface area contributed by atoms with E-state index < -0.39 is 11.7 Å². The van der Waals surface area contributed by atoms with Crippen molar-refractivity contribution in [1.82, 2.24) is 20.9 Å². The average molecular weight is 477 g/mol. The molecule has 1 aromatic heterocycles. The van der Waals surface area contributed by atoms with E-state index in [1.54, 1.807) is 13.2 Å². The summed E-state index contributed by atoms with van der Waals surface area (Å²) in [5.41, 5.74) is 0.414. The number of aromatic nitrogens is 1. The van der Waals surface area contributed by atoms with Gasteiger partial charge in [-0.05, 0) is 38.8 Å². The fourth-order valence-electron chi connectivity index (χ4n) is 2.02. The minimum absolute atomic E-state index is 0. The van der Waals surface area contributed by atoms with Gasteiger partial charge in [-0.15, -0.1) is 24.0 Å².